The van der Waals surface area contributed by atoms with E-state index in [0.29, 0.717) is 17.8 Å². The molecule has 0 aliphatic carbocycles. The van der Waals surface area contributed by atoms with E-state index in [1.165, 1.54) is 0 Å². The van der Waals surface area contributed by atoms with E-state index in [1.54, 1.807) is 18.5 Å². The summed E-state index contributed by atoms with van der Waals surface area (Å²) >= 11 is 0. The van der Waals surface area contributed by atoms with Crippen LogP contribution in [0.3, 0.4) is 0 Å². The average molecular weight is 445 g/mol. The molecule has 170 valence electrons. The van der Waals surface area contributed by atoms with Crippen molar-refractivity contribution in [3.63, 3.8) is 0 Å². The van der Waals surface area contributed by atoms with Crippen molar-refractivity contribution >= 4 is 23.4 Å². The van der Waals surface area contributed by atoms with Crippen LogP contribution in [0, 0.1) is 6.92 Å². The van der Waals surface area contributed by atoms with Crippen molar-refractivity contribution in [2.45, 2.75) is 32.9 Å². The highest BCUT2D eigenvalue weighted by Crippen LogP contribution is 2.27. The maximum atomic E-state index is 13.0. The van der Waals surface area contributed by atoms with Crippen LogP contribution in [0.1, 0.15) is 39.9 Å². The summed E-state index contributed by atoms with van der Waals surface area (Å²) in [6, 6.07) is 17.0. The van der Waals surface area contributed by atoms with Crippen LogP contribution in [0.25, 0.3) is 0 Å². The van der Waals surface area contributed by atoms with E-state index in [2.05, 4.69) is 26.6 Å². The van der Waals surface area contributed by atoms with Gasteiger partial charge in [-0.1, -0.05) is 24.3 Å². The largest absolute Gasteiger partial charge is 0.445 e. The predicted molar refractivity (Wildman–Crippen MR) is 128 cm³/mol. The molecule has 1 saturated heterocycles. The van der Waals surface area contributed by atoms with Crippen molar-refractivity contribution < 1.29 is 14.3 Å². The molecule has 33 heavy (non-hydrogen) atoms. The highest BCUT2D eigenvalue weighted by Gasteiger charge is 2.19. The van der Waals surface area contributed by atoms with Crippen molar-refractivity contribution in [1.29, 1.82) is 0 Å². The van der Waals surface area contributed by atoms with Gasteiger partial charge >= 0.3 is 6.09 Å². The molecule has 1 aliphatic rings. The zero-order chi connectivity index (χ0) is 23.0. The molecule has 2 N–H and O–H groups in total. The summed E-state index contributed by atoms with van der Waals surface area (Å²) < 4.78 is 5.19. The molecule has 1 aromatic heterocycles. The first-order chi connectivity index (χ1) is 16.1. The minimum Gasteiger partial charge on any atom is -0.445 e. The monoisotopic (exact) mass is 444 g/mol. The Morgan fingerprint density at radius 3 is 2.55 bits per heavy atom. The maximum absolute atomic E-state index is 13.0. The zero-order valence-electron chi connectivity index (χ0n) is 18.7. The van der Waals surface area contributed by atoms with Crippen LogP contribution in [0.4, 0.5) is 16.2 Å². The molecule has 0 atom stereocenters. The molecule has 7 nitrogen and oxygen atoms in total. The number of ether oxygens (including phenoxy) is 1. The molecule has 0 radical (unpaired) electrons. The van der Waals surface area contributed by atoms with Gasteiger partial charge in [0.25, 0.3) is 5.91 Å². The van der Waals surface area contributed by atoms with Gasteiger partial charge in [-0.05, 0) is 61.2 Å². The third-order valence-corrected chi connectivity index (χ3v) is 5.59. The summed E-state index contributed by atoms with van der Waals surface area (Å²) in [5, 5.41) is 5.71. The lowest BCUT2D eigenvalue weighted by molar-refractivity contribution is 0.102. The standard InChI is InChI=1S/C26H28N4O3/c1-19-6-11-23(24(15-19)30-13-2-3-14-30)25(31)29-22-9-7-20(8-10-22)17-28-26(32)33-18-21-5-4-12-27-16-21/h4-12,15-16H,2-3,13-14,17-18H2,1H3,(H,28,32)(H,29,31). The van der Waals surface area contributed by atoms with Gasteiger partial charge in [-0.3, -0.25) is 9.78 Å². The predicted octanol–water partition coefficient (Wildman–Crippen LogP) is 4.67. The lowest BCUT2D eigenvalue weighted by Crippen LogP contribution is -2.24. The number of aromatic nitrogens is 1. The fourth-order valence-electron chi connectivity index (χ4n) is 3.82. The van der Waals surface area contributed by atoms with Gasteiger partial charge in [-0.15, -0.1) is 0 Å². The number of amides is 2. The Balaban J connectivity index is 1.30. The normalized spacial score (nSPS) is 12.9. The summed E-state index contributed by atoms with van der Waals surface area (Å²) in [5.74, 6) is -0.123. The fourth-order valence-corrected chi connectivity index (χ4v) is 3.82. The molecule has 0 spiro atoms. The Bertz CT molecular complexity index is 1090. The first-order valence-electron chi connectivity index (χ1n) is 11.1. The minimum atomic E-state index is -0.495. The van der Waals surface area contributed by atoms with Crippen LogP contribution in [-0.2, 0) is 17.9 Å². The number of rotatable bonds is 7. The second-order valence-electron chi connectivity index (χ2n) is 8.16. The molecule has 2 amide bonds. The van der Waals surface area contributed by atoms with Gasteiger partial charge in [0.1, 0.15) is 6.61 Å². The van der Waals surface area contributed by atoms with Crippen LogP contribution in [0.5, 0.6) is 0 Å². The van der Waals surface area contributed by atoms with Crippen LogP contribution >= 0.6 is 0 Å². The van der Waals surface area contributed by atoms with Gasteiger partial charge in [-0.2, -0.15) is 0 Å². The molecule has 0 bridgehead atoms. The van der Waals surface area contributed by atoms with Crippen LogP contribution < -0.4 is 15.5 Å². The average Bonchev–Trinajstić information content (AvgIpc) is 3.38. The first kappa shape index (κ1) is 22.3. The Morgan fingerprint density at radius 1 is 1.03 bits per heavy atom. The minimum absolute atomic E-state index is 0.123. The summed E-state index contributed by atoms with van der Waals surface area (Å²) in [6.07, 6.45) is 5.14. The number of hydrogen-bond donors (Lipinski definition) is 2. The number of nitrogens with zero attached hydrogens (tertiary/aromatic N) is 2. The molecular formula is C26H28N4O3. The smallest absolute Gasteiger partial charge is 0.407 e. The molecule has 7 heteroatoms. The van der Waals surface area contributed by atoms with Gasteiger partial charge in [0.15, 0.2) is 0 Å². The molecule has 0 unspecified atom stereocenters. The molecule has 2 aromatic carbocycles. The summed E-state index contributed by atoms with van der Waals surface area (Å²) in [6.45, 7) is 4.51. The molecule has 1 fully saturated rings. The quantitative estimate of drug-likeness (QED) is 0.553. The van der Waals surface area contributed by atoms with E-state index in [-0.39, 0.29) is 12.5 Å². The summed E-state index contributed by atoms with van der Waals surface area (Å²) in [4.78, 5) is 31.2. The Labute approximate surface area is 193 Å². The Kier molecular flexibility index (Phi) is 7.19. The maximum Gasteiger partial charge on any atom is 0.407 e. The molecule has 2 heterocycles. The van der Waals surface area contributed by atoms with Crippen LogP contribution in [0.15, 0.2) is 67.0 Å². The molecular weight excluding hydrogens is 416 g/mol. The highest BCUT2D eigenvalue weighted by molar-refractivity contribution is 6.08. The first-order valence-corrected chi connectivity index (χ1v) is 11.1. The van der Waals surface area contributed by atoms with Crippen molar-refractivity contribution in [2.24, 2.45) is 0 Å². The summed E-state index contributed by atoms with van der Waals surface area (Å²) in [7, 11) is 0. The summed E-state index contributed by atoms with van der Waals surface area (Å²) in [5.41, 5.74) is 5.26. The Hall–Kier alpha value is -3.87. The number of hydrogen-bond acceptors (Lipinski definition) is 5. The Morgan fingerprint density at radius 2 is 1.82 bits per heavy atom. The molecule has 3 aromatic rings. The van der Waals surface area contributed by atoms with E-state index in [4.69, 9.17) is 4.74 Å². The second-order valence-corrected chi connectivity index (χ2v) is 8.16. The molecule has 4 rings (SSSR count). The number of anilines is 2. The van der Waals surface area contributed by atoms with Gasteiger partial charge in [0.05, 0.1) is 5.56 Å². The number of benzene rings is 2. The molecule has 0 saturated carbocycles. The van der Waals surface area contributed by atoms with E-state index < -0.39 is 6.09 Å². The van der Waals surface area contributed by atoms with Crippen molar-refractivity contribution in [3.05, 3.63) is 89.2 Å². The lowest BCUT2D eigenvalue weighted by atomic mass is 10.1. The fraction of sp³-hybridized carbons (Fsp3) is 0.269. The SMILES string of the molecule is Cc1ccc(C(=O)Nc2ccc(CNC(=O)OCc3cccnc3)cc2)c(N2CCCC2)c1. The number of carbonyl (C=O) groups excluding carboxylic acids is 2. The molecule has 1 aliphatic heterocycles. The van der Waals surface area contributed by atoms with E-state index in [1.807, 2.05) is 49.4 Å². The van der Waals surface area contributed by atoms with Gasteiger partial charge in [-0.25, -0.2) is 4.79 Å². The number of alkyl carbamates (subject to hydrolysis) is 1. The number of aryl methyl sites for hydroxylation is 1. The van der Waals surface area contributed by atoms with Crippen molar-refractivity contribution in [2.75, 3.05) is 23.3 Å². The third-order valence-electron chi connectivity index (χ3n) is 5.59. The van der Waals surface area contributed by atoms with Crippen molar-refractivity contribution in [1.82, 2.24) is 10.3 Å². The van der Waals surface area contributed by atoms with Gasteiger partial charge in [0.2, 0.25) is 0 Å². The van der Waals surface area contributed by atoms with Gasteiger partial charge < -0.3 is 20.3 Å². The lowest BCUT2D eigenvalue weighted by Gasteiger charge is -2.21. The van der Waals surface area contributed by atoms with Crippen LogP contribution in [0.2, 0.25) is 0 Å². The zero-order valence-corrected chi connectivity index (χ0v) is 18.7. The van der Waals surface area contributed by atoms with E-state index in [9.17, 15) is 9.59 Å². The van der Waals surface area contributed by atoms with E-state index in [0.717, 1.165) is 48.3 Å². The van der Waals surface area contributed by atoms with E-state index >= 15 is 0 Å². The number of carbonyl (C=O) groups is 2. The van der Waals surface area contributed by atoms with Gasteiger partial charge in [0, 0.05) is 49.0 Å². The highest BCUT2D eigenvalue weighted by atomic mass is 16.5. The van der Waals surface area contributed by atoms with Crippen molar-refractivity contribution in [3.8, 4) is 0 Å². The van der Waals surface area contributed by atoms with Crippen LogP contribution in [-0.4, -0.2) is 30.1 Å². The number of nitrogens with one attached hydrogen (secondary N) is 2. The third kappa shape index (κ3) is 6.10. The topological polar surface area (TPSA) is 83.6 Å². The second kappa shape index (κ2) is 10.6. The number of pyridine rings is 1.